The average Bonchev–Trinajstić information content (AvgIpc) is 2.42. The summed E-state index contributed by atoms with van der Waals surface area (Å²) in [7, 11) is -0.786. The lowest BCUT2D eigenvalue weighted by atomic mass is 9.95. The summed E-state index contributed by atoms with van der Waals surface area (Å²) in [4.78, 5) is 12.2. The van der Waals surface area contributed by atoms with E-state index in [1.165, 1.54) is 5.56 Å². The Kier molecular flexibility index (Phi) is 5.10. The van der Waals surface area contributed by atoms with Crippen LogP contribution in [0.5, 0.6) is 0 Å². The smallest absolute Gasteiger partial charge is 0.251 e. The number of amides is 1. The molecule has 1 aromatic carbocycles. The lowest BCUT2D eigenvalue weighted by Gasteiger charge is -2.19. The Bertz CT molecular complexity index is 488. The molecule has 2 rings (SSSR count). The van der Waals surface area contributed by atoms with Gasteiger partial charge in [0, 0.05) is 41.5 Å². The van der Waals surface area contributed by atoms with Crippen LogP contribution < -0.4 is 10.6 Å². The molecule has 0 aliphatic carbocycles. The van der Waals surface area contributed by atoms with Crippen molar-refractivity contribution in [2.24, 2.45) is 0 Å². The number of rotatable bonds is 5. The van der Waals surface area contributed by atoms with Gasteiger partial charge in [-0.25, -0.2) is 0 Å². The summed E-state index contributed by atoms with van der Waals surface area (Å²) in [6.07, 6.45) is 3.34. The molecule has 0 aromatic heterocycles. The van der Waals surface area contributed by atoms with Crippen molar-refractivity contribution < 1.29 is 9.00 Å². The van der Waals surface area contributed by atoms with Crippen LogP contribution in [0.1, 0.15) is 27.9 Å². The van der Waals surface area contributed by atoms with Gasteiger partial charge >= 0.3 is 0 Å². The molecule has 2 N–H and O–H groups in total. The van der Waals surface area contributed by atoms with Gasteiger partial charge in [-0.15, -0.1) is 0 Å². The summed E-state index contributed by atoms with van der Waals surface area (Å²) in [5, 5.41) is 6.22. The molecule has 19 heavy (non-hydrogen) atoms. The third kappa shape index (κ3) is 3.88. The third-order valence-corrected chi connectivity index (χ3v) is 4.14. The Morgan fingerprint density at radius 2 is 2.32 bits per heavy atom. The minimum atomic E-state index is -0.786. The minimum Gasteiger partial charge on any atom is -0.352 e. The van der Waals surface area contributed by atoms with Gasteiger partial charge in [0.05, 0.1) is 0 Å². The highest BCUT2D eigenvalue weighted by atomic mass is 32.2. The molecule has 1 aliphatic rings. The maximum atomic E-state index is 12.2. The van der Waals surface area contributed by atoms with E-state index in [0.717, 1.165) is 37.1 Å². The summed E-state index contributed by atoms with van der Waals surface area (Å²) >= 11 is 0. The first-order valence-electron chi connectivity index (χ1n) is 6.58. The van der Waals surface area contributed by atoms with Gasteiger partial charge in [0.25, 0.3) is 5.91 Å². The molecule has 1 aliphatic heterocycles. The number of carbonyl (C=O) groups excluding carboxylic acids is 1. The standard InChI is InChI=1S/C14H20N2O2S/c1-19(18)9-3-7-16-14(17)13-5-2-4-11-10-15-8-6-12(11)13/h2,4-5,15H,3,6-10H2,1H3,(H,16,17). The SMILES string of the molecule is CS(=O)CCCNC(=O)c1cccc2c1CCNC2. The van der Waals surface area contributed by atoms with Crippen LogP contribution >= 0.6 is 0 Å². The van der Waals surface area contributed by atoms with Gasteiger partial charge in [-0.1, -0.05) is 12.1 Å². The molecule has 5 heteroatoms. The average molecular weight is 280 g/mol. The maximum Gasteiger partial charge on any atom is 0.251 e. The lowest BCUT2D eigenvalue weighted by molar-refractivity contribution is 0.0952. The molecule has 1 amide bonds. The monoisotopic (exact) mass is 280 g/mol. The quantitative estimate of drug-likeness (QED) is 0.786. The van der Waals surface area contributed by atoms with Crippen molar-refractivity contribution in [3.8, 4) is 0 Å². The normalized spacial score (nSPS) is 15.6. The highest BCUT2D eigenvalue weighted by molar-refractivity contribution is 7.84. The van der Waals surface area contributed by atoms with Gasteiger partial charge < -0.3 is 10.6 Å². The summed E-state index contributed by atoms with van der Waals surface area (Å²) in [5.74, 6) is 0.623. The molecule has 1 unspecified atom stereocenters. The van der Waals surface area contributed by atoms with E-state index in [-0.39, 0.29) is 5.91 Å². The van der Waals surface area contributed by atoms with Gasteiger partial charge in [-0.2, -0.15) is 0 Å². The zero-order valence-electron chi connectivity index (χ0n) is 11.2. The zero-order valence-corrected chi connectivity index (χ0v) is 12.0. The summed E-state index contributed by atoms with van der Waals surface area (Å²) in [6, 6.07) is 5.89. The first kappa shape index (κ1) is 14.2. The Labute approximate surface area is 116 Å². The molecular weight excluding hydrogens is 260 g/mol. The minimum absolute atomic E-state index is 0.0133. The van der Waals surface area contributed by atoms with E-state index >= 15 is 0 Å². The van der Waals surface area contributed by atoms with Crippen LogP contribution in [0, 0.1) is 0 Å². The Hall–Kier alpha value is -1.20. The second-order valence-electron chi connectivity index (χ2n) is 4.76. The number of benzene rings is 1. The molecule has 0 radical (unpaired) electrons. The van der Waals surface area contributed by atoms with Gasteiger partial charge in [0.1, 0.15) is 0 Å². The van der Waals surface area contributed by atoms with Crippen molar-refractivity contribution in [2.45, 2.75) is 19.4 Å². The lowest BCUT2D eigenvalue weighted by Crippen LogP contribution is -2.30. The molecule has 0 spiro atoms. The van der Waals surface area contributed by atoms with E-state index in [9.17, 15) is 9.00 Å². The van der Waals surface area contributed by atoms with Crippen LogP contribution in [0.4, 0.5) is 0 Å². The van der Waals surface area contributed by atoms with E-state index in [0.29, 0.717) is 12.3 Å². The van der Waals surface area contributed by atoms with Crippen molar-refractivity contribution in [3.63, 3.8) is 0 Å². The van der Waals surface area contributed by atoms with E-state index in [2.05, 4.69) is 16.7 Å². The molecule has 0 saturated carbocycles. The zero-order chi connectivity index (χ0) is 13.7. The molecule has 4 nitrogen and oxygen atoms in total. The molecule has 1 aromatic rings. The summed E-state index contributed by atoms with van der Waals surface area (Å²) in [5.41, 5.74) is 3.17. The van der Waals surface area contributed by atoms with Crippen molar-refractivity contribution >= 4 is 16.7 Å². The van der Waals surface area contributed by atoms with Crippen molar-refractivity contribution in [1.29, 1.82) is 0 Å². The number of nitrogens with one attached hydrogen (secondary N) is 2. The van der Waals surface area contributed by atoms with E-state index in [1.54, 1.807) is 6.26 Å². The van der Waals surface area contributed by atoms with Crippen LogP contribution in [0.2, 0.25) is 0 Å². The van der Waals surface area contributed by atoms with E-state index < -0.39 is 10.8 Å². The predicted octanol–water partition coefficient (Wildman–Crippen LogP) is 0.831. The number of hydrogen-bond donors (Lipinski definition) is 2. The molecule has 1 atom stereocenters. The third-order valence-electron chi connectivity index (χ3n) is 3.28. The number of fused-ring (bicyclic) bond motifs is 1. The predicted molar refractivity (Wildman–Crippen MR) is 77.7 cm³/mol. The largest absolute Gasteiger partial charge is 0.352 e. The van der Waals surface area contributed by atoms with Crippen LogP contribution in [-0.4, -0.2) is 35.2 Å². The van der Waals surface area contributed by atoms with Crippen LogP contribution in [0.3, 0.4) is 0 Å². The first-order chi connectivity index (χ1) is 9.18. The first-order valence-corrected chi connectivity index (χ1v) is 8.31. The second kappa shape index (κ2) is 6.82. The highest BCUT2D eigenvalue weighted by Gasteiger charge is 2.16. The fourth-order valence-corrected chi connectivity index (χ4v) is 2.87. The maximum absolute atomic E-state index is 12.2. The van der Waals surface area contributed by atoms with Crippen molar-refractivity contribution in [2.75, 3.05) is 25.1 Å². The molecule has 0 fully saturated rings. The Balaban J connectivity index is 1.97. The molecule has 0 bridgehead atoms. The Morgan fingerprint density at radius 3 is 3.11 bits per heavy atom. The summed E-state index contributed by atoms with van der Waals surface area (Å²) in [6.45, 7) is 2.34. The second-order valence-corrected chi connectivity index (χ2v) is 6.31. The molecular formula is C14H20N2O2S. The fourth-order valence-electron chi connectivity index (χ4n) is 2.32. The van der Waals surface area contributed by atoms with Crippen LogP contribution in [-0.2, 0) is 23.8 Å². The fraction of sp³-hybridized carbons (Fsp3) is 0.500. The van der Waals surface area contributed by atoms with Crippen molar-refractivity contribution in [1.82, 2.24) is 10.6 Å². The topological polar surface area (TPSA) is 58.2 Å². The number of carbonyl (C=O) groups is 1. The van der Waals surface area contributed by atoms with Gasteiger partial charge in [-0.05, 0) is 36.6 Å². The van der Waals surface area contributed by atoms with Crippen LogP contribution in [0.15, 0.2) is 18.2 Å². The number of hydrogen-bond acceptors (Lipinski definition) is 3. The van der Waals surface area contributed by atoms with E-state index in [4.69, 9.17) is 0 Å². The molecule has 0 saturated heterocycles. The Morgan fingerprint density at radius 1 is 1.47 bits per heavy atom. The van der Waals surface area contributed by atoms with Crippen molar-refractivity contribution in [3.05, 3.63) is 34.9 Å². The van der Waals surface area contributed by atoms with Gasteiger partial charge in [0.15, 0.2) is 0 Å². The van der Waals surface area contributed by atoms with E-state index in [1.807, 2.05) is 12.1 Å². The van der Waals surface area contributed by atoms with Crippen LogP contribution in [0.25, 0.3) is 0 Å². The molecule has 104 valence electrons. The van der Waals surface area contributed by atoms with Gasteiger partial charge in [0.2, 0.25) is 0 Å². The van der Waals surface area contributed by atoms with Gasteiger partial charge in [-0.3, -0.25) is 9.00 Å². The molecule has 1 heterocycles. The summed E-state index contributed by atoms with van der Waals surface area (Å²) < 4.78 is 10.9. The highest BCUT2D eigenvalue weighted by Crippen LogP contribution is 2.18.